The van der Waals surface area contributed by atoms with Gasteiger partial charge in [0.05, 0.1) is 0 Å². The average Bonchev–Trinajstić information content (AvgIpc) is 1.62. The van der Waals surface area contributed by atoms with Gasteiger partial charge in [-0.05, 0) is 22.3 Å². The summed E-state index contributed by atoms with van der Waals surface area (Å²) in [7, 11) is 0.723. The van der Waals surface area contributed by atoms with E-state index in [2.05, 4.69) is 22.3 Å². The molecule has 1 atom stereocenters. The smallest absolute Gasteiger partial charge is 0.236 e. The number of hydrogen-bond donors (Lipinski definition) is 0. The fraction of sp³-hybridized carbons (Fsp3) is 1.00. The van der Waals surface area contributed by atoms with E-state index >= 15 is 0 Å². The van der Waals surface area contributed by atoms with Crippen LogP contribution in [0.25, 0.3) is 0 Å². The maximum atomic E-state index is 11.7. The van der Waals surface area contributed by atoms with Gasteiger partial charge in [0.25, 0.3) is 0 Å². The van der Waals surface area contributed by atoms with Gasteiger partial charge in [-0.15, -0.1) is 0 Å². The van der Waals surface area contributed by atoms with Crippen molar-refractivity contribution in [1.82, 2.24) is 0 Å². The summed E-state index contributed by atoms with van der Waals surface area (Å²) in [6, 6.07) is 0. The van der Waals surface area contributed by atoms with Crippen molar-refractivity contribution in [3.8, 4) is 0 Å². The summed E-state index contributed by atoms with van der Waals surface area (Å²) in [5, 5.41) is -9.77. The van der Waals surface area contributed by atoms with E-state index in [0.717, 1.165) is 0 Å². The van der Waals surface area contributed by atoms with Crippen LogP contribution in [-0.2, 0) is 10.0 Å². The van der Waals surface area contributed by atoms with Crippen LogP contribution in [0.1, 0.15) is 0 Å². The highest BCUT2D eigenvalue weighted by molar-refractivity contribution is 8.09. The Bertz CT molecular complexity index is 154. The summed E-state index contributed by atoms with van der Waals surface area (Å²) in [4.78, 5) is 0. The molecule has 0 aliphatic rings. The van der Waals surface area contributed by atoms with Crippen molar-refractivity contribution in [2.75, 3.05) is 0 Å². The maximum Gasteiger partial charge on any atom is 0.411 e. The molecule has 0 aromatic rings. The molecule has 0 radical (unpaired) electrons. The molecule has 0 saturated heterocycles. The molecule has 62 valence electrons. The zero-order valence-corrected chi connectivity index (χ0v) is 6.41. The Labute approximate surface area is 65.3 Å². The third-order valence-corrected chi connectivity index (χ3v) is 2.12. The Hall–Kier alpha value is 0.450. The van der Waals surface area contributed by atoms with E-state index in [-0.39, 0.29) is 0 Å². The maximum absolute atomic E-state index is 11.7. The zero-order chi connectivity index (χ0) is 8.58. The minimum absolute atomic E-state index is 3.49. The van der Waals surface area contributed by atoms with Gasteiger partial charge in [0.15, 0.2) is 10.0 Å². The fourth-order valence-electron chi connectivity index (χ4n) is 0.0910. The van der Waals surface area contributed by atoms with Crippen molar-refractivity contribution < 1.29 is 21.8 Å². The summed E-state index contributed by atoms with van der Waals surface area (Å²) in [6.07, 6.45) is 0. The zero-order valence-electron chi connectivity index (χ0n) is 4.08. The van der Waals surface area contributed by atoms with Gasteiger partial charge in [-0.3, -0.25) is 0 Å². The van der Waals surface area contributed by atoms with Crippen molar-refractivity contribution in [2.24, 2.45) is 0 Å². The molecule has 0 rings (SSSR count). The number of alkyl halides is 5. The molecule has 0 saturated carbocycles. The summed E-state index contributed by atoms with van der Waals surface area (Å²) in [5.74, 6) is 0. The highest BCUT2D eigenvalue weighted by Crippen LogP contribution is 2.41. The molecule has 1 unspecified atom stereocenters. The summed E-state index contributed by atoms with van der Waals surface area (Å²) in [5.41, 5.74) is 0. The second kappa shape index (κ2) is 2.83. The standard InChI is InChI=1S/C2Cl2F4OS/c3-1(5,6)2(7,8)10(4)9. The first-order chi connectivity index (χ1) is 4.19. The number of halogens is 6. The van der Waals surface area contributed by atoms with E-state index in [1.54, 1.807) is 0 Å². The SMILES string of the molecule is O=S(Cl)C(F)(F)C(F)(F)Cl. The van der Waals surface area contributed by atoms with Crippen LogP contribution in [0.5, 0.6) is 0 Å². The molecular formula is C2Cl2F4OS. The normalized spacial score (nSPS) is 17.0. The van der Waals surface area contributed by atoms with Crippen LogP contribution in [0.3, 0.4) is 0 Å². The Kier molecular flexibility index (Phi) is 2.95. The van der Waals surface area contributed by atoms with E-state index < -0.39 is 20.6 Å². The lowest BCUT2D eigenvalue weighted by Gasteiger charge is -2.15. The molecule has 0 fully saturated rings. The van der Waals surface area contributed by atoms with Gasteiger partial charge >= 0.3 is 10.6 Å². The third-order valence-electron chi connectivity index (χ3n) is 0.532. The lowest BCUT2D eigenvalue weighted by Crippen LogP contribution is -2.37. The van der Waals surface area contributed by atoms with E-state index in [1.807, 2.05) is 0 Å². The van der Waals surface area contributed by atoms with Crippen LogP contribution < -0.4 is 0 Å². The lowest BCUT2D eigenvalue weighted by molar-refractivity contribution is -0.0920. The van der Waals surface area contributed by atoms with Gasteiger partial charge < -0.3 is 0 Å². The highest BCUT2D eigenvalue weighted by atomic mass is 35.7. The van der Waals surface area contributed by atoms with Crippen LogP contribution in [0.4, 0.5) is 17.6 Å². The first kappa shape index (κ1) is 10.4. The monoisotopic (exact) mass is 218 g/mol. The van der Waals surface area contributed by atoms with Crippen molar-refractivity contribution in [3.63, 3.8) is 0 Å². The Balaban J connectivity index is 4.57. The number of rotatable bonds is 2. The Morgan fingerprint density at radius 3 is 1.50 bits per heavy atom. The third kappa shape index (κ3) is 1.96. The predicted octanol–water partition coefficient (Wildman–Crippen LogP) is 2.31. The van der Waals surface area contributed by atoms with Gasteiger partial charge in [-0.1, -0.05) is 0 Å². The van der Waals surface area contributed by atoms with Crippen LogP contribution in [0.2, 0.25) is 0 Å². The van der Waals surface area contributed by atoms with Gasteiger partial charge in [0.2, 0.25) is 0 Å². The topological polar surface area (TPSA) is 17.1 Å². The van der Waals surface area contributed by atoms with Gasteiger partial charge in [-0.2, -0.15) is 17.6 Å². The van der Waals surface area contributed by atoms with Gasteiger partial charge in [0.1, 0.15) is 0 Å². The fourth-order valence-corrected chi connectivity index (χ4v) is 0.892. The van der Waals surface area contributed by atoms with E-state index in [0.29, 0.717) is 0 Å². The number of hydrogen-bond acceptors (Lipinski definition) is 1. The molecule has 0 amide bonds. The van der Waals surface area contributed by atoms with Crippen molar-refractivity contribution in [3.05, 3.63) is 0 Å². The van der Waals surface area contributed by atoms with Crippen molar-refractivity contribution in [2.45, 2.75) is 10.6 Å². The minimum Gasteiger partial charge on any atom is -0.236 e. The van der Waals surface area contributed by atoms with Crippen LogP contribution in [0, 0.1) is 0 Å². The molecule has 0 N–H and O–H groups in total. The summed E-state index contributed by atoms with van der Waals surface area (Å²) < 4.78 is 56.1. The van der Waals surface area contributed by atoms with Crippen LogP contribution in [-0.4, -0.2) is 14.8 Å². The molecule has 10 heavy (non-hydrogen) atoms. The highest BCUT2D eigenvalue weighted by Gasteiger charge is 2.60. The first-order valence-electron chi connectivity index (χ1n) is 1.72. The summed E-state index contributed by atoms with van der Waals surface area (Å²) in [6.45, 7) is 0. The summed E-state index contributed by atoms with van der Waals surface area (Å²) >= 11 is 3.86. The van der Waals surface area contributed by atoms with Crippen molar-refractivity contribution in [1.29, 1.82) is 0 Å². The molecule has 0 aromatic heterocycles. The van der Waals surface area contributed by atoms with Gasteiger partial charge in [-0.25, -0.2) is 4.21 Å². The average molecular weight is 219 g/mol. The molecule has 8 heteroatoms. The van der Waals surface area contributed by atoms with Gasteiger partial charge in [0, 0.05) is 0 Å². The molecule has 0 aliphatic carbocycles. The second-order valence-electron chi connectivity index (χ2n) is 1.24. The second-order valence-corrected chi connectivity index (χ2v) is 3.51. The molecule has 0 heterocycles. The van der Waals surface area contributed by atoms with E-state index in [9.17, 15) is 21.8 Å². The van der Waals surface area contributed by atoms with Crippen LogP contribution >= 0.6 is 22.3 Å². The van der Waals surface area contributed by atoms with E-state index in [1.165, 1.54) is 0 Å². The van der Waals surface area contributed by atoms with Crippen molar-refractivity contribution >= 4 is 32.3 Å². The minimum atomic E-state index is -4.89. The molecule has 1 nitrogen and oxygen atoms in total. The Morgan fingerprint density at radius 2 is 1.50 bits per heavy atom. The molecule has 0 bridgehead atoms. The van der Waals surface area contributed by atoms with Crippen LogP contribution in [0.15, 0.2) is 0 Å². The largest absolute Gasteiger partial charge is 0.411 e. The molecule has 0 aromatic carbocycles. The lowest BCUT2D eigenvalue weighted by atomic mass is 10.7. The first-order valence-corrected chi connectivity index (χ1v) is 4.07. The molecule has 0 aliphatic heterocycles. The predicted molar refractivity (Wildman–Crippen MR) is 29.7 cm³/mol. The molecular weight excluding hydrogens is 219 g/mol. The molecule has 0 spiro atoms. The quantitative estimate of drug-likeness (QED) is 0.395. The Morgan fingerprint density at radius 1 is 1.20 bits per heavy atom. The van der Waals surface area contributed by atoms with E-state index in [4.69, 9.17) is 0 Å².